The lowest BCUT2D eigenvalue weighted by molar-refractivity contribution is 0.423. The van der Waals surface area contributed by atoms with Crippen molar-refractivity contribution in [3.63, 3.8) is 0 Å². The van der Waals surface area contributed by atoms with Gasteiger partial charge in [0.05, 0.1) is 5.69 Å². The lowest BCUT2D eigenvalue weighted by Gasteiger charge is -1.98. The van der Waals surface area contributed by atoms with Gasteiger partial charge in [0.2, 0.25) is 0 Å². The van der Waals surface area contributed by atoms with Gasteiger partial charge < -0.3 is 4.52 Å². The van der Waals surface area contributed by atoms with Gasteiger partial charge in [-0.05, 0) is 19.1 Å². The van der Waals surface area contributed by atoms with Gasteiger partial charge in [-0.2, -0.15) is 0 Å². The Morgan fingerprint density at radius 1 is 1.07 bits per heavy atom. The van der Waals surface area contributed by atoms with Gasteiger partial charge in [0.1, 0.15) is 0 Å². The van der Waals surface area contributed by atoms with Crippen molar-refractivity contribution in [1.82, 2.24) is 5.16 Å². The Hall–Kier alpha value is -1.78. The Labute approximate surface area is 83.3 Å². The molecule has 0 saturated heterocycles. The Morgan fingerprint density at radius 2 is 1.67 bits per heavy atom. The second-order valence-electron chi connectivity index (χ2n) is 3.09. The second kappa shape index (κ2) is 3.42. The number of halogens is 3. The van der Waals surface area contributed by atoms with Gasteiger partial charge in [0, 0.05) is 11.6 Å². The van der Waals surface area contributed by atoms with E-state index in [-0.39, 0.29) is 11.3 Å². The molecule has 5 heteroatoms. The third-order valence-corrected chi connectivity index (χ3v) is 1.90. The molecule has 2 rings (SSSR count). The van der Waals surface area contributed by atoms with Crippen LogP contribution < -0.4 is 0 Å². The highest BCUT2D eigenvalue weighted by Crippen LogP contribution is 2.24. The van der Waals surface area contributed by atoms with E-state index in [0.29, 0.717) is 5.69 Å². The molecule has 0 aliphatic rings. The van der Waals surface area contributed by atoms with E-state index in [0.717, 1.165) is 12.1 Å². The number of hydrogen-bond acceptors (Lipinski definition) is 2. The molecule has 0 atom stereocenters. The first kappa shape index (κ1) is 9.76. The molecular formula is C10H6F3NO. The van der Waals surface area contributed by atoms with Gasteiger partial charge >= 0.3 is 0 Å². The van der Waals surface area contributed by atoms with Crippen molar-refractivity contribution in [2.75, 3.05) is 0 Å². The smallest absolute Gasteiger partial charge is 0.194 e. The Morgan fingerprint density at radius 3 is 2.13 bits per heavy atom. The van der Waals surface area contributed by atoms with Crippen LogP contribution in [0, 0.1) is 24.4 Å². The third kappa shape index (κ3) is 1.72. The lowest BCUT2D eigenvalue weighted by Crippen LogP contribution is -1.90. The number of nitrogens with zero attached hydrogens (tertiary/aromatic N) is 1. The van der Waals surface area contributed by atoms with Crippen molar-refractivity contribution in [1.29, 1.82) is 0 Å². The predicted molar refractivity (Wildman–Crippen MR) is 46.6 cm³/mol. The highest BCUT2D eigenvalue weighted by atomic mass is 19.2. The highest BCUT2D eigenvalue weighted by Gasteiger charge is 2.13. The zero-order valence-electron chi connectivity index (χ0n) is 7.72. The molecular weight excluding hydrogens is 207 g/mol. The number of aryl methyl sites for hydroxylation is 1. The van der Waals surface area contributed by atoms with Gasteiger partial charge in [-0.15, -0.1) is 0 Å². The summed E-state index contributed by atoms with van der Waals surface area (Å²) >= 11 is 0. The average molecular weight is 213 g/mol. The van der Waals surface area contributed by atoms with Crippen molar-refractivity contribution < 1.29 is 17.7 Å². The summed E-state index contributed by atoms with van der Waals surface area (Å²) in [6.45, 7) is 1.67. The molecule has 0 fully saturated rings. The van der Waals surface area contributed by atoms with Crippen LogP contribution in [0.3, 0.4) is 0 Å². The van der Waals surface area contributed by atoms with E-state index in [4.69, 9.17) is 4.52 Å². The van der Waals surface area contributed by atoms with Crippen molar-refractivity contribution >= 4 is 0 Å². The maximum atomic E-state index is 12.9. The van der Waals surface area contributed by atoms with Gasteiger partial charge in [0.25, 0.3) is 0 Å². The fourth-order valence-electron chi connectivity index (χ4n) is 1.20. The van der Waals surface area contributed by atoms with Crippen LogP contribution in [-0.4, -0.2) is 5.16 Å². The summed E-state index contributed by atoms with van der Waals surface area (Å²) in [7, 11) is 0. The SMILES string of the molecule is Cc1cc(-c2cc(F)c(F)c(F)c2)on1. The molecule has 1 heterocycles. The zero-order chi connectivity index (χ0) is 11.0. The normalized spacial score (nSPS) is 10.7. The Kier molecular flexibility index (Phi) is 2.22. The van der Waals surface area contributed by atoms with Crippen molar-refractivity contribution in [3.8, 4) is 11.3 Å². The first-order valence-corrected chi connectivity index (χ1v) is 4.16. The van der Waals surface area contributed by atoms with Crippen molar-refractivity contribution in [2.24, 2.45) is 0 Å². The molecule has 0 radical (unpaired) electrons. The molecule has 0 aliphatic heterocycles. The van der Waals surface area contributed by atoms with E-state index >= 15 is 0 Å². The van der Waals surface area contributed by atoms with Gasteiger partial charge in [0.15, 0.2) is 23.2 Å². The third-order valence-electron chi connectivity index (χ3n) is 1.90. The fourth-order valence-corrected chi connectivity index (χ4v) is 1.20. The monoisotopic (exact) mass is 213 g/mol. The van der Waals surface area contributed by atoms with Crippen LogP contribution in [0.5, 0.6) is 0 Å². The summed E-state index contributed by atoms with van der Waals surface area (Å²) in [6.07, 6.45) is 0. The molecule has 15 heavy (non-hydrogen) atoms. The minimum atomic E-state index is -1.49. The van der Waals surface area contributed by atoms with E-state index in [2.05, 4.69) is 5.16 Å². The fraction of sp³-hybridized carbons (Fsp3) is 0.100. The van der Waals surface area contributed by atoms with Crippen LogP contribution in [0.1, 0.15) is 5.69 Å². The molecule has 0 N–H and O–H groups in total. The Balaban J connectivity index is 2.55. The molecule has 2 aromatic rings. The van der Waals surface area contributed by atoms with Crippen LogP contribution in [0.15, 0.2) is 22.7 Å². The largest absolute Gasteiger partial charge is 0.356 e. The predicted octanol–water partition coefficient (Wildman–Crippen LogP) is 3.07. The molecule has 0 unspecified atom stereocenters. The van der Waals surface area contributed by atoms with Crippen LogP contribution in [-0.2, 0) is 0 Å². The van der Waals surface area contributed by atoms with Crippen molar-refractivity contribution in [3.05, 3.63) is 41.3 Å². The summed E-state index contributed by atoms with van der Waals surface area (Å²) in [4.78, 5) is 0. The van der Waals surface area contributed by atoms with Crippen LogP contribution in [0.25, 0.3) is 11.3 Å². The molecule has 0 amide bonds. The minimum absolute atomic E-state index is 0.118. The highest BCUT2D eigenvalue weighted by molar-refractivity contribution is 5.57. The first-order chi connectivity index (χ1) is 7.08. The minimum Gasteiger partial charge on any atom is -0.356 e. The maximum absolute atomic E-state index is 12.9. The van der Waals surface area contributed by atoms with Gasteiger partial charge in [-0.25, -0.2) is 13.2 Å². The number of benzene rings is 1. The maximum Gasteiger partial charge on any atom is 0.194 e. The van der Waals surface area contributed by atoms with Crippen LogP contribution in [0.4, 0.5) is 13.2 Å². The van der Waals surface area contributed by atoms with Gasteiger partial charge in [-0.3, -0.25) is 0 Å². The zero-order valence-corrected chi connectivity index (χ0v) is 7.72. The van der Waals surface area contributed by atoms with E-state index in [9.17, 15) is 13.2 Å². The topological polar surface area (TPSA) is 26.0 Å². The average Bonchev–Trinajstić information content (AvgIpc) is 2.60. The van der Waals surface area contributed by atoms with Crippen molar-refractivity contribution in [2.45, 2.75) is 6.92 Å². The molecule has 0 spiro atoms. The number of rotatable bonds is 1. The van der Waals surface area contributed by atoms with E-state index in [1.165, 1.54) is 6.07 Å². The molecule has 0 saturated carbocycles. The summed E-state index contributed by atoms with van der Waals surface area (Å²) in [5.74, 6) is -3.79. The van der Waals surface area contributed by atoms with E-state index < -0.39 is 17.5 Å². The van der Waals surface area contributed by atoms with E-state index in [1.54, 1.807) is 6.92 Å². The van der Waals surface area contributed by atoms with Crippen LogP contribution in [0.2, 0.25) is 0 Å². The first-order valence-electron chi connectivity index (χ1n) is 4.16. The van der Waals surface area contributed by atoms with Crippen LogP contribution >= 0.6 is 0 Å². The quantitative estimate of drug-likeness (QED) is 0.680. The molecule has 1 aromatic heterocycles. The number of aromatic nitrogens is 1. The Bertz CT molecular complexity index is 484. The second-order valence-corrected chi connectivity index (χ2v) is 3.09. The summed E-state index contributed by atoms with van der Waals surface area (Å²) in [5.41, 5.74) is 0.696. The van der Waals surface area contributed by atoms with E-state index in [1.807, 2.05) is 0 Å². The summed E-state index contributed by atoms with van der Waals surface area (Å²) < 4.78 is 43.1. The van der Waals surface area contributed by atoms with Gasteiger partial charge in [-0.1, -0.05) is 5.16 Å². The molecule has 1 aromatic carbocycles. The standard InChI is InChI=1S/C10H6F3NO/c1-5-2-9(15-14-5)6-3-7(11)10(13)8(12)4-6/h2-4H,1H3. The summed E-state index contributed by atoms with van der Waals surface area (Å²) in [6, 6.07) is 3.23. The lowest BCUT2D eigenvalue weighted by atomic mass is 10.1. The molecule has 0 bridgehead atoms. The molecule has 78 valence electrons. The number of hydrogen-bond donors (Lipinski definition) is 0. The molecule has 2 nitrogen and oxygen atoms in total. The summed E-state index contributed by atoms with van der Waals surface area (Å²) in [5, 5.41) is 3.56. The molecule has 0 aliphatic carbocycles.